The second-order valence-electron chi connectivity index (χ2n) is 8.16. The lowest BCUT2D eigenvalue weighted by molar-refractivity contribution is -0.0178. The van der Waals surface area contributed by atoms with Crippen molar-refractivity contribution < 1.29 is 13.9 Å². The van der Waals surface area contributed by atoms with Crippen LogP contribution in [-0.2, 0) is 20.5 Å². The Morgan fingerprint density at radius 3 is 2.88 bits per heavy atom. The second kappa shape index (κ2) is 9.08. The fraction of sp³-hybridized carbons (Fsp3) is 0.684. The molecule has 1 aromatic heterocycles. The highest BCUT2D eigenvalue weighted by atomic mass is 28.4. The van der Waals surface area contributed by atoms with Crippen LogP contribution in [0.25, 0.3) is 0 Å². The quantitative estimate of drug-likeness (QED) is 0.392. The van der Waals surface area contributed by atoms with Crippen LogP contribution in [-0.4, -0.2) is 57.3 Å². The van der Waals surface area contributed by atoms with E-state index in [9.17, 15) is 0 Å². The number of ether oxygens (including phenoxy) is 2. The van der Waals surface area contributed by atoms with Gasteiger partial charge in [0, 0.05) is 19.3 Å². The molecule has 0 spiro atoms. The van der Waals surface area contributed by atoms with Crippen molar-refractivity contribution >= 4 is 14.3 Å². The van der Waals surface area contributed by atoms with Crippen molar-refractivity contribution in [3.63, 3.8) is 0 Å². The van der Waals surface area contributed by atoms with Gasteiger partial charge in [-0.25, -0.2) is 9.97 Å². The predicted octanol–water partition coefficient (Wildman–Crippen LogP) is 3.41. The molecule has 1 saturated heterocycles. The Morgan fingerprint density at radius 2 is 2.19 bits per heavy atom. The molecule has 1 aliphatic rings. The third kappa shape index (κ3) is 5.87. The van der Waals surface area contributed by atoms with Gasteiger partial charge >= 0.3 is 0 Å². The molecule has 0 saturated carbocycles. The summed E-state index contributed by atoms with van der Waals surface area (Å²) in [6.07, 6.45) is 3.58. The molecular weight excluding hydrogens is 346 g/mol. The van der Waals surface area contributed by atoms with Gasteiger partial charge in [-0.1, -0.05) is 26.8 Å². The first-order valence-corrected chi connectivity index (χ1v) is 12.1. The summed E-state index contributed by atoms with van der Waals surface area (Å²) in [7, 11) is -1.79. The van der Waals surface area contributed by atoms with E-state index >= 15 is 0 Å². The van der Waals surface area contributed by atoms with Gasteiger partial charge in [-0.3, -0.25) is 0 Å². The molecule has 0 radical (unpaired) electrons. The summed E-state index contributed by atoms with van der Waals surface area (Å²) >= 11 is 0. The van der Waals surface area contributed by atoms with Crippen LogP contribution >= 0.6 is 0 Å². The minimum Gasteiger partial charge on any atom is -0.411 e. The van der Waals surface area contributed by atoms with Crippen LogP contribution in [0.1, 0.15) is 26.5 Å². The molecular formula is C19H33N3O3Si. The predicted molar refractivity (Wildman–Crippen MR) is 107 cm³/mol. The number of nitrogens with zero attached hydrogens (tertiary/aromatic N) is 3. The maximum absolute atomic E-state index is 6.28. The first-order valence-electron chi connectivity index (χ1n) is 9.24. The Morgan fingerprint density at radius 1 is 1.42 bits per heavy atom. The van der Waals surface area contributed by atoms with E-state index in [1.165, 1.54) is 0 Å². The summed E-state index contributed by atoms with van der Waals surface area (Å²) in [5, 5.41) is 0.186. The van der Waals surface area contributed by atoms with Gasteiger partial charge in [0.05, 0.1) is 38.2 Å². The van der Waals surface area contributed by atoms with E-state index in [0.29, 0.717) is 26.4 Å². The van der Waals surface area contributed by atoms with Gasteiger partial charge in [0.25, 0.3) is 0 Å². The van der Waals surface area contributed by atoms with E-state index in [1.807, 2.05) is 12.3 Å². The molecule has 0 bridgehead atoms. The standard InChI is InChI=1S/C19H33N3O3Si/c1-7-11-23-15-17-13-22(10-12-24-17)18-20-9-8-16(21-18)14-25-26(5,6)19(2,3)4/h7-9,17H,1,10-15H2,2-6H3/t17-/m1/s1. The number of rotatable bonds is 8. The normalized spacial score (nSPS) is 18.8. The van der Waals surface area contributed by atoms with Crippen LogP contribution in [0.2, 0.25) is 18.1 Å². The van der Waals surface area contributed by atoms with Crippen molar-refractivity contribution in [3.05, 3.63) is 30.6 Å². The lowest BCUT2D eigenvalue weighted by Crippen LogP contribution is -2.45. The van der Waals surface area contributed by atoms with E-state index in [0.717, 1.165) is 24.7 Å². The number of hydrogen-bond donors (Lipinski definition) is 0. The molecule has 1 aromatic rings. The zero-order chi connectivity index (χ0) is 19.2. The minimum atomic E-state index is -1.79. The van der Waals surface area contributed by atoms with E-state index < -0.39 is 8.32 Å². The first kappa shape index (κ1) is 21.0. The van der Waals surface area contributed by atoms with E-state index in [1.54, 1.807) is 6.08 Å². The Hall–Kier alpha value is -1.28. The van der Waals surface area contributed by atoms with Gasteiger partial charge in [0.15, 0.2) is 8.32 Å². The maximum Gasteiger partial charge on any atom is 0.225 e. The second-order valence-corrected chi connectivity index (χ2v) is 13.0. The van der Waals surface area contributed by atoms with Crippen LogP contribution in [0.15, 0.2) is 24.9 Å². The molecule has 26 heavy (non-hydrogen) atoms. The minimum absolute atomic E-state index is 0.0273. The number of hydrogen-bond acceptors (Lipinski definition) is 6. The molecule has 0 aromatic carbocycles. The smallest absolute Gasteiger partial charge is 0.225 e. The largest absolute Gasteiger partial charge is 0.411 e. The number of morpholine rings is 1. The fourth-order valence-corrected chi connectivity index (χ4v) is 3.31. The summed E-state index contributed by atoms with van der Waals surface area (Å²) in [4.78, 5) is 11.3. The Bertz CT molecular complexity index is 590. The monoisotopic (exact) mass is 379 g/mol. The van der Waals surface area contributed by atoms with Gasteiger partial charge in [-0.2, -0.15) is 0 Å². The number of anilines is 1. The van der Waals surface area contributed by atoms with Gasteiger partial charge in [-0.15, -0.1) is 6.58 Å². The molecule has 6 nitrogen and oxygen atoms in total. The Kier molecular flexibility index (Phi) is 7.34. The summed E-state index contributed by atoms with van der Waals surface area (Å²) in [5.41, 5.74) is 0.922. The Balaban J connectivity index is 1.96. The van der Waals surface area contributed by atoms with Crippen molar-refractivity contribution in [2.45, 2.75) is 51.6 Å². The average molecular weight is 380 g/mol. The van der Waals surface area contributed by atoms with E-state index in [-0.39, 0.29) is 11.1 Å². The SMILES string of the molecule is C=CCOC[C@H]1CN(c2nccc(CO[Si](C)(C)C(C)(C)C)n2)CCO1. The third-order valence-electron chi connectivity index (χ3n) is 5.05. The third-order valence-corrected chi connectivity index (χ3v) is 9.53. The zero-order valence-corrected chi connectivity index (χ0v) is 17.8. The summed E-state index contributed by atoms with van der Waals surface area (Å²) in [6, 6.07) is 1.93. The molecule has 2 rings (SSSR count). The lowest BCUT2D eigenvalue weighted by atomic mass is 10.2. The highest BCUT2D eigenvalue weighted by Gasteiger charge is 2.37. The molecule has 7 heteroatoms. The maximum atomic E-state index is 6.28. The van der Waals surface area contributed by atoms with Gasteiger partial charge in [-0.05, 0) is 24.2 Å². The topological polar surface area (TPSA) is 56.7 Å². The van der Waals surface area contributed by atoms with Crippen molar-refractivity contribution in [3.8, 4) is 0 Å². The van der Waals surface area contributed by atoms with Crippen LogP contribution in [0.4, 0.5) is 5.95 Å². The first-order chi connectivity index (χ1) is 12.2. The zero-order valence-electron chi connectivity index (χ0n) is 16.8. The molecule has 1 atom stereocenters. The fourth-order valence-electron chi connectivity index (χ4n) is 2.37. The molecule has 1 aliphatic heterocycles. The van der Waals surface area contributed by atoms with Crippen molar-refractivity contribution in [2.24, 2.45) is 0 Å². The van der Waals surface area contributed by atoms with Gasteiger partial charge in [0.1, 0.15) is 0 Å². The van der Waals surface area contributed by atoms with Crippen LogP contribution < -0.4 is 4.90 Å². The average Bonchev–Trinajstić information content (AvgIpc) is 2.60. The highest BCUT2D eigenvalue weighted by Crippen LogP contribution is 2.37. The highest BCUT2D eigenvalue weighted by molar-refractivity contribution is 6.74. The van der Waals surface area contributed by atoms with E-state index in [4.69, 9.17) is 18.9 Å². The van der Waals surface area contributed by atoms with Crippen molar-refractivity contribution in [1.82, 2.24) is 9.97 Å². The molecule has 0 amide bonds. The summed E-state index contributed by atoms with van der Waals surface area (Å²) in [5.74, 6) is 0.735. The summed E-state index contributed by atoms with van der Waals surface area (Å²) in [6.45, 7) is 18.7. The molecule has 0 unspecified atom stereocenters. The summed E-state index contributed by atoms with van der Waals surface area (Å²) < 4.78 is 17.6. The Labute approximate surface area is 158 Å². The molecule has 0 N–H and O–H groups in total. The van der Waals surface area contributed by atoms with Gasteiger partial charge < -0.3 is 18.8 Å². The molecule has 1 fully saturated rings. The van der Waals surface area contributed by atoms with E-state index in [2.05, 4.69) is 50.3 Å². The molecule has 0 aliphatic carbocycles. The molecule has 146 valence electrons. The van der Waals surface area contributed by atoms with Crippen LogP contribution in [0.3, 0.4) is 0 Å². The lowest BCUT2D eigenvalue weighted by Gasteiger charge is -2.36. The van der Waals surface area contributed by atoms with Gasteiger partial charge in [0.2, 0.25) is 5.95 Å². The number of aromatic nitrogens is 2. The van der Waals surface area contributed by atoms with Crippen LogP contribution in [0.5, 0.6) is 0 Å². The van der Waals surface area contributed by atoms with Crippen molar-refractivity contribution in [2.75, 3.05) is 37.8 Å². The molecule has 2 heterocycles. The van der Waals surface area contributed by atoms with Crippen molar-refractivity contribution in [1.29, 1.82) is 0 Å². The van der Waals surface area contributed by atoms with Crippen LogP contribution in [0, 0.1) is 0 Å².